The second-order valence-electron chi connectivity index (χ2n) is 8.87. The fourth-order valence-electron chi connectivity index (χ4n) is 4.24. The van der Waals surface area contributed by atoms with Crippen LogP contribution in [-0.4, -0.2) is 54.4 Å². The van der Waals surface area contributed by atoms with E-state index in [-0.39, 0.29) is 0 Å². The Morgan fingerprint density at radius 1 is 0.774 bits per heavy atom. The van der Waals surface area contributed by atoms with Gasteiger partial charge in [-0.15, -0.1) is 0 Å². The van der Waals surface area contributed by atoms with Crippen LogP contribution in [0.4, 0.5) is 0 Å². The molecule has 0 spiro atoms. The molecule has 0 heterocycles. The van der Waals surface area contributed by atoms with Crippen LogP contribution in [-0.2, 0) is 17.7 Å². The molecule has 0 aromatic rings. The zero-order valence-corrected chi connectivity index (χ0v) is 25.6. The zero-order chi connectivity index (χ0) is 23.6. The maximum absolute atomic E-state index is 6.51. The molecule has 0 saturated heterocycles. The van der Waals surface area contributed by atoms with Gasteiger partial charge in [-0.2, -0.15) is 0 Å². The standard InChI is InChI=1S/C13H25O4Si.3C4H9.Sn/c1-7-10-12-13(9-3,11-8-2)17-18(14-4,15-5)16-6;3*1-3-4-2;/h2,8-9H,3,7,10-12H2,1,4-6H3;3*1,3-4H2,2H3;. The van der Waals surface area contributed by atoms with Gasteiger partial charge in [-0.1, -0.05) is 0 Å². The van der Waals surface area contributed by atoms with Gasteiger partial charge in [-0.05, 0) is 0 Å². The molecule has 0 bridgehead atoms. The molecule has 0 radical (unpaired) electrons. The van der Waals surface area contributed by atoms with E-state index in [9.17, 15) is 0 Å². The van der Waals surface area contributed by atoms with Crippen LogP contribution in [0.5, 0.6) is 0 Å². The van der Waals surface area contributed by atoms with Gasteiger partial charge in [0.05, 0.1) is 0 Å². The van der Waals surface area contributed by atoms with Crippen LogP contribution in [0.3, 0.4) is 0 Å². The normalized spacial score (nSPS) is 14.8. The van der Waals surface area contributed by atoms with Gasteiger partial charge in [-0.3, -0.25) is 0 Å². The summed E-state index contributed by atoms with van der Waals surface area (Å²) in [5.41, 5.74) is -0.515. The summed E-state index contributed by atoms with van der Waals surface area (Å²) in [6.45, 7) is 13.3. The van der Waals surface area contributed by atoms with Gasteiger partial charge in [0.15, 0.2) is 0 Å². The van der Waals surface area contributed by atoms with Crippen LogP contribution in [0.25, 0.3) is 0 Å². The van der Waals surface area contributed by atoms with Gasteiger partial charge in [-0.25, -0.2) is 0 Å². The third-order valence-electron chi connectivity index (χ3n) is 6.42. The number of rotatable bonds is 21. The van der Waals surface area contributed by atoms with Crippen LogP contribution in [0.2, 0.25) is 13.3 Å². The van der Waals surface area contributed by atoms with Crippen LogP contribution >= 0.6 is 0 Å². The Labute approximate surface area is 199 Å². The summed E-state index contributed by atoms with van der Waals surface area (Å²) in [6.07, 6.45) is 16.3. The van der Waals surface area contributed by atoms with Crippen LogP contribution in [0.15, 0.2) is 22.8 Å². The summed E-state index contributed by atoms with van der Waals surface area (Å²) in [6, 6.07) is 0. The molecule has 0 fully saturated rings. The van der Waals surface area contributed by atoms with E-state index in [2.05, 4.69) is 44.4 Å². The first kappa shape index (κ1) is 31.3. The quantitative estimate of drug-likeness (QED) is 0.105. The molecule has 0 N–H and O–H groups in total. The van der Waals surface area contributed by atoms with Crippen molar-refractivity contribution in [2.24, 2.45) is 0 Å². The van der Waals surface area contributed by atoms with E-state index in [0.29, 0.717) is 0 Å². The molecule has 0 aliphatic heterocycles. The van der Waals surface area contributed by atoms with E-state index >= 15 is 0 Å². The van der Waals surface area contributed by atoms with E-state index in [4.69, 9.17) is 17.7 Å². The molecule has 1 atom stereocenters. The fraction of sp³-hybridized carbons (Fsp3) is 0.840. The summed E-state index contributed by atoms with van der Waals surface area (Å²) in [4.78, 5) is 0. The first-order valence-corrected chi connectivity index (χ1v) is 21.9. The van der Waals surface area contributed by atoms with Crippen LogP contribution < -0.4 is 0 Å². The Kier molecular flexibility index (Phi) is 18.0. The van der Waals surface area contributed by atoms with Crippen molar-refractivity contribution in [1.82, 2.24) is 0 Å². The number of unbranched alkanes of at least 4 members (excludes halogenated alkanes) is 4. The zero-order valence-electron chi connectivity index (χ0n) is 21.8. The van der Waals surface area contributed by atoms with E-state index in [1.165, 1.54) is 51.8 Å². The van der Waals surface area contributed by atoms with Crippen molar-refractivity contribution in [3.8, 4) is 0 Å². The molecule has 0 rings (SSSR count). The van der Waals surface area contributed by atoms with E-state index in [0.717, 1.165) is 25.7 Å². The molecular weight excluding hydrogens is 511 g/mol. The molecule has 31 heavy (non-hydrogen) atoms. The van der Waals surface area contributed by atoms with Gasteiger partial charge in [0.2, 0.25) is 0 Å². The summed E-state index contributed by atoms with van der Waals surface area (Å²) in [5.74, 6) is 0. The Balaban J connectivity index is 5.81. The van der Waals surface area contributed by atoms with Gasteiger partial charge in [0.25, 0.3) is 0 Å². The third kappa shape index (κ3) is 11.3. The fourth-order valence-corrected chi connectivity index (χ4v) is 20.1. The first-order chi connectivity index (χ1) is 14.9. The van der Waals surface area contributed by atoms with Gasteiger partial charge in [0.1, 0.15) is 0 Å². The van der Waals surface area contributed by atoms with Crippen LogP contribution in [0, 0.1) is 0 Å². The van der Waals surface area contributed by atoms with E-state index in [1.807, 2.05) is 6.08 Å². The molecule has 4 nitrogen and oxygen atoms in total. The second-order valence-corrected chi connectivity index (χ2v) is 24.3. The second kappa shape index (κ2) is 17.8. The van der Waals surface area contributed by atoms with Crippen molar-refractivity contribution >= 4 is 27.4 Å². The summed E-state index contributed by atoms with van der Waals surface area (Å²) in [7, 11) is 1.63. The average Bonchev–Trinajstić information content (AvgIpc) is 2.81. The molecule has 0 aromatic carbocycles. The minimum absolute atomic E-state index is 0.515. The predicted octanol–water partition coefficient (Wildman–Crippen LogP) is 7.83. The Morgan fingerprint density at radius 2 is 1.23 bits per heavy atom. The molecule has 0 aliphatic carbocycles. The molecule has 1 unspecified atom stereocenters. The van der Waals surface area contributed by atoms with Gasteiger partial charge < -0.3 is 0 Å². The van der Waals surface area contributed by atoms with Gasteiger partial charge in [0, 0.05) is 0 Å². The molecule has 0 aliphatic rings. The molecule has 0 amide bonds. The van der Waals surface area contributed by atoms with Crippen molar-refractivity contribution in [1.29, 1.82) is 0 Å². The number of hydrogen-bond donors (Lipinski definition) is 0. The Hall–Kier alpha value is 0.336. The SMILES string of the molecule is C=CC(CC=[CH][Sn]([CH2]CCC)([CH2]CCC)[CH2]CCC)(CCCC)O[Si](OC)(OC)OC. The summed E-state index contributed by atoms with van der Waals surface area (Å²) >= 11 is -2.32. The Bertz CT molecular complexity index is 452. The third-order valence-corrected chi connectivity index (χ3v) is 22.8. The summed E-state index contributed by atoms with van der Waals surface area (Å²) in [5, 5.41) is 0. The monoisotopic (exact) mass is 564 g/mol. The van der Waals surface area contributed by atoms with Crippen molar-refractivity contribution in [3.05, 3.63) is 22.8 Å². The Morgan fingerprint density at radius 3 is 1.58 bits per heavy atom. The van der Waals surface area contributed by atoms with Crippen molar-refractivity contribution in [2.75, 3.05) is 21.3 Å². The molecule has 6 heteroatoms. The van der Waals surface area contributed by atoms with E-state index in [1.54, 1.807) is 21.3 Å². The first-order valence-electron chi connectivity index (χ1n) is 12.6. The van der Waals surface area contributed by atoms with Gasteiger partial charge >= 0.3 is 200 Å². The molecular formula is C25H52O4SiSn. The molecule has 0 aromatic heterocycles. The van der Waals surface area contributed by atoms with Crippen LogP contribution in [0.1, 0.15) is 91.9 Å². The van der Waals surface area contributed by atoms with Crippen molar-refractivity contribution < 1.29 is 17.7 Å². The minimum atomic E-state index is -3.17. The molecule has 184 valence electrons. The number of hydrogen-bond acceptors (Lipinski definition) is 4. The molecule has 0 saturated carbocycles. The topological polar surface area (TPSA) is 36.9 Å². The van der Waals surface area contributed by atoms with E-state index < -0.39 is 33.0 Å². The summed E-state index contributed by atoms with van der Waals surface area (Å²) < 4.78 is 30.4. The average molecular weight is 563 g/mol. The maximum atomic E-state index is 6.51. The predicted molar refractivity (Wildman–Crippen MR) is 139 cm³/mol. The van der Waals surface area contributed by atoms with Crippen molar-refractivity contribution in [3.63, 3.8) is 0 Å². The van der Waals surface area contributed by atoms with Crippen molar-refractivity contribution in [2.45, 2.75) is 111 Å².